The Morgan fingerprint density at radius 1 is 1.44 bits per heavy atom. The van der Waals surface area contributed by atoms with Crippen molar-refractivity contribution in [2.75, 3.05) is 20.1 Å². The van der Waals surface area contributed by atoms with Crippen LogP contribution in [0.3, 0.4) is 0 Å². The van der Waals surface area contributed by atoms with Gasteiger partial charge in [0, 0.05) is 19.6 Å². The first-order chi connectivity index (χ1) is 8.50. The van der Waals surface area contributed by atoms with E-state index in [0.717, 1.165) is 25.1 Å². The third kappa shape index (κ3) is 2.47. The molecule has 0 radical (unpaired) electrons. The summed E-state index contributed by atoms with van der Waals surface area (Å²) in [4.78, 5) is 13.7. The maximum absolute atomic E-state index is 13.1. The van der Waals surface area contributed by atoms with Gasteiger partial charge in [0.25, 0.3) is 5.91 Å². The Morgan fingerprint density at radius 3 is 2.72 bits per heavy atom. The van der Waals surface area contributed by atoms with Crippen molar-refractivity contribution in [1.29, 1.82) is 0 Å². The summed E-state index contributed by atoms with van der Waals surface area (Å²) in [5.41, 5.74) is -0.00929. The van der Waals surface area contributed by atoms with Crippen LogP contribution >= 0.6 is 11.6 Å². The van der Waals surface area contributed by atoms with Crippen molar-refractivity contribution >= 4 is 17.5 Å². The van der Waals surface area contributed by atoms with E-state index in [2.05, 4.69) is 5.32 Å². The van der Waals surface area contributed by atoms with Crippen LogP contribution < -0.4 is 5.32 Å². The number of carbonyl (C=O) groups is 1. The lowest BCUT2D eigenvalue weighted by molar-refractivity contribution is 0.0743. The van der Waals surface area contributed by atoms with Gasteiger partial charge in [0.2, 0.25) is 0 Å². The van der Waals surface area contributed by atoms with Gasteiger partial charge in [-0.2, -0.15) is 0 Å². The Balaban J connectivity index is 2.25. The first-order valence-electron chi connectivity index (χ1n) is 5.63. The molecule has 1 amide bonds. The molecule has 0 aliphatic carbocycles. The van der Waals surface area contributed by atoms with E-state index in [1.165, 1.54) is 4.90 Å². The topological polar surface area (TPSA) is 32.3 Å². The Labute approximate surface area is 109 Å². The molecule has 1 aromatic carbocycles. The summed E-state index contributed by atoms with van der Waals surface area (Å²) in [5, 5.41) is 3.06. The summed E-state index contributed by atoms with van der Waals surface area (Å²) >= 11 is 5.78. The van der Waals surface area contributed by atoms with Crippen LogP contribution in [0, 0.1) is 11.6 Å². The van der Waals surface area contributed by atoms with Crippen LogP contribution in [0.2, 0.25) is 5.02 Å². The van der Waals surface area contributed by atoms with E-state index in [4.69, 9.17) is 11.6 Å². The highest BCUT2D eigenvalue weighted by molar-refractivity contribution is 6.33. The lowest BCUT2D eigenvalue weighted by atomic mass is 10.1. The first kappa shape index (κ1) is 13.2. The second-order valence-electron chi connectivity index (χ2n) is 4.31. The van der Waals surface area contributed by atoms with E-state index in [1.54, 1.807) is 7.05 Å². The van der Waals surface area contributed by atoms with Gasteiger partial charge in [0.15, 0.2) is 11.6 Å². The van der Waals surface area contributed by atoms with Crippen LogP contribution in [0.5, 0.6) is 0 Å². The number of nitrogens with zero attached hydrogens (tertiary/aromatic N) is 1. The molecule has 1 aliphatic heterocycles. The van der Waals surface area contributed by atoms with Gasteiger partial charge in [0.05, 0.1) is 10.6 Å². The molecule has 0 aromatic heterocycles. The smallest absolute Gasteiger partial charge is 0.255 e. The molecule has 0 bridgehead atoms. The zero-order valence-corrected chi connectivity index (χ0v) is 10.6. The van der Waals surface area contributed by atoms with Crippen molar-refractivity contribution in [1.82, 2.24) is 10.2 Å². The predicted octanol–water partition coefficient (Wildman–Crippen LogP) is 2.05. The number of rotatable bonds is 2. The molecule has 3 nitrogen and oxygen atoms in total. The van der Waals surface area contributed by atoms with Crippen molar-refractivity contribution in [3.8, 4) is 0 Å². The average Bonchev–Trinajstić information content (AvgIpc) is 2.85. The zero-order chi connectivity index (χ0) is 13.3. The molecule has 18 heavy (non-hydrogen) atoms. The second-order valence-corrected chi connectivity index (χ2v) is 4.72. The highest BCUT2D eigenvalue weighted by Crippen LogP contribution is 2.22. The lowest BCUT2D eigenvalue weighted by Gasteiger charge is -2.24. The standard InChI is InChI=1S/C12H13ClF2N2O/c1-17(7-2-3-16-6-7)12(18)8-4-10(14)11(15)5-9(8)13/h4-5,7,16H,2-3,6H2,1H3/t7-/m1/s1. The van der Waals surface area contributed by atoms with Crippen molar-refractivity contribution in [2.24, 2.45) is 0 Å². The van der Waals surface area contributed by atoms with Gasteiger partial charge in [-0.25, -0.2) is 8.78 Å². The number of amides is 1. The number of benzene rings is 1. The number of hydrogen-bond donors (Lipinski definition) is 1. The molecule has 98 valence electrons. The summed E-state index contributed by atoms with van der Waals surface area (Å²) in [6.45, 7) is 1.54. The van der Waals surface area contributed by atoms with Crippen molar-refractivity contribution in [2.45, 2.75) is 12.5 Å². The number of nitrogens with one attached hydrogen (secondary N) is 1. The largest absolute Gasteiger partial charge is 0.337 e. The normalized spacial score (nSPS) is 19.0. The van der Waals surface area contributed by atoms with E-state index in [0.29, 0.717) is 6.54 Å². The molecule has 0 spiro atoms. The summed E-state index contributed by atoms with van der Waals surface area (Å²) in [7, 11) is 1.64. The third-order valence-electron chi connectivity index (χ3n) is 3.14. The van der Waals surface area contributed by atoms with Crippen LogP contribution in [-0.4, -0.2) is 37.0 Å². The maximum Gasteiger partial charge on any atom is 0.255 e. The van der Waals surface area contributed by atoms with E-state index in [1.807, 2.05) is 0 Å². The van der Waals surface area contributed by atoms with E-state index >= 15 is 0 Å². The Bertz CT molecular complexity index is 475. The lowest BCUT2D eigenvalue weighted by Crippen LogP contribution is -2.38. The summed E-state index contributed by atoms with van der Waals surface area (Å²) in [6, 6.07) is 1.73. The second kappa shape index (κ2) is 5.20. The number of likely N-dealkylation sites (N-methyl/N-ethyl adjacent to an activating group) is 1. The van der Waals surface area contributed by atoms with E-state index in [9.17, 15) is 13.6 Å². The SMILES string of the molecule is CN(C(=O)c1cc(F)c(F)cc1Cl)[C@@H]1CCNC1. The van der Waals surface area contributed by atoms with Crippen LogP contribution in [0.1, 0.15) is 16.8 Å². The summed E-state index contributed by atoms with van der Waals surface area (Å²) in [5.74, 6) is -2.52. The molecule has 1 saturated heterocycles. The van der Waals surface area contributed by atoms with Crippen LogP contribution in [-0.2, 0) is 0 Å². The molecule has 1 fully saturated rings. The van der Waals surface area contributed by atoms with Crippen molar-refractivity contribution < 1.29 is 13.6 Å². The molecule has 1 N–H and O–H groups in total. The molecule has 2 rings (SSSR count). The van der Waals surface area contributed by atoms with Gasteiger partial charge >= 0.3 is 0 Å². The molecule has 1 atom stereocenters. The predicted molar refractivity (Wildman–Crippen MR) is 64.7 cm³/mol. The fraction of sp³-hybridized carbons (Fsp3) is 0.417. The van der Waals surface area contributed by atoms with E-state index in [-0.39, 0.29) is 16.6 Å². The monoisotopic (exact) mass is 274 g/mol. The Hall–Kier alpha value is -1.20. The molecule has 1 aliphatic rings. The van der Waals surface area contributed by atoms with Gasteiger partial charge in [-0.15, -0.1) is 0 Å². The summed E-state index contributed by atoms with van der Waals surface area (Å²) in [6.07, 6.45) is 0.837. The highest BCUT2D eigenvalue weighted by atomic mass is 35.5. The van der Waals surface area contributed by atoms with Crippen LogP contribution in [0.4, 0.5) is 8.78 Å². The quantitative estimate of drug-likeness (QED) is 0.837. The minimum atomic E-state index is -1.07. The minimum Gasteiger partial charge on any atom is -0.337 e. The first-order valence-corrected chi connectivity index (χ1v) is 6.01. The van der Waals surface area contributed by atoms with E-state index < -0.39 is 17.5 Å². The third-order valence-corrected chi connectivity index (χ3v) is 3.46. The zero-order valence-electron chi connectivity index (χ0n) is 9.84. The van der Waals surface area contributed by atoms with Crippen molar-refractivity contribution in [3.05, 3.63) is 34.4 Å². The minimum absolute atomic E-state index is 0.00929. The summed E-state index contributed by atoms with van der Waals surface area (Å²) < 4.78 is 26.1. The Morgan fingerprint density at radius 2 is 2.11 bits per heavy atom. The number of halogens is 3. The van der Waals surface area contributed by atoms with Crippen molar-refractivity contribution in [3.63, 3.8) is 0 Å². The molecule has 0 unspecified atom stereocenters. The average molecular weight is 275 g/mol. The maximum atomic E-state index is 13.1. The molecular weight excluding hydrogens is 262 g/mol. The Kier molecular flexibility index (Phi) is 3.82. The van der Waals surface area contributed by atoms with Crippen LogP contribution in [0.15, 0.2) is 12.1 Å². The molecule has 1 heterocycles. The molecule has 1 aromatic rings. The van der Waals surface area contributed by atoms with Crippen LogP contribution in [0.25, 0.3) is 0 Å². The highest BCUT2D eigenvalue weighted by Gasteiger charge is 2.26. The van der Waals surface area contributed by atoms with Gasteiger partial charge in [0.1, 0.15) is 0 Å². The molecule has 0 saturated carbocycles. The van der Waals surface area contributed by atoms with Gasteiger partial charge in [-0.1, -0.05) is 11.6 Å². The van der Waals surface area contributed by atoms with Gasteiger partial charge in [-0.05, 0) is 25.1 Å². The number of carbonyl (C=O) groups excluding carboxylic acids is 1. The number of hydrogen-bond acceptors (Lipinski definition) is 2. The van der Waals surface area contributed by atoms with Gasteiger partial charge in [-0.3, -0.25) is 4.79 Å². The fourth-order valence-electron chi connectivity index (χ4n) is 2.01. The van der Waals surface area contributed by atoms with Gasteiger partial charge < -0.3 is 10.2 Å². The fourth-order valence-corrected chi connectivity index (χ4v) is 2.24. The molecular formula is C12H13ClF2N2O. The molecule has 6 heteroatoms.